The van der Waals surface area contributed by atoms with Crippen LogP contribution in [0.5, 0.6) is 0 Å². The maximum absolute atomic E-state index is 12.4. The van der Waals surface area contributed by atoms with Gasteiger partial charge in [0.2, 0.25) is 0 Å². The average molecular weight is 350 g/mol. The van der Waals surface area contributed by atoms with Crippen molar-refractivity contribution in [3.8, 4) is 0 Å². The lowest BCUT2D eigenvalue weighted by Crippen LogP contribution is -2.54. The van der Waals surface area contributed by atoms with Crippen molar-refractivity contribution in [1.29, 1.82) is 0 Å². The van der Waals surface area contributed by atoms with Gasteiger partial charge in [0.25, 0.3) is 10.0 Å². The summed E-state index contributed by atoms with van der Waals surface area (Å²) in [7, 11) is -3.52. The quantitative estimate of drug-likeness (QED) is 0.800. The van der Waals surface area contributed by atoms with Crippen molar-refractivity contribution in [3.05, 3.63) is 12.0 Å². The first kappa shape index (κ1) is 15.0. The van der Waals surface area contributed by atoms with Crippen LogP contribution in [-0.4, -0.2) is 28.8 Å². The van der Waals surface area contributed by atoms with Crippen LogP contribution in [0.25, 0.3) is 0 Å². The van der Waals surface area contributed by atoms with Crippen LogP contribution in [0.3, 0.4) is 0 Å². The number of aromatic nitrogens is 2. The van der Waals surface area contributed by atoms with Crippen molar-refractivity contribution in [2.24, 2.45) is 0 Å². The lowest BCUT2D eigenvalue weighted by atomic mass is 9.80. The van der Waals surface area contributed by atoms with Gasteiger partial charge in [-0.05, 0) is 32.6 Å². The molecule has 1 aliphatic rings. The highest BCUT2D eigenvalue weighted by Gasteiger charge is 2.40. The SMILES string of the molecule is CCCn1cc(S(=O)(=O)NC2(CBr)CCC2)nc1C. The van der Waals surface area contributed by atoms with Crippen molar-refractivity contribution in [3.63, 3.8) is 0 Å². The maximum atomic E-state index is 12.4. The summed E-state index contributed by atoms with van der Waals surface area (Å²) < 4.78 is 29.4. The summed E-state index contributed by atoms with van der Waals surface area (Å²) in [6, 6.07) is 0. The van der Waals surface area contributed by atoms with Gasteiger partial charge in [0.1, 0.15) is 5.82 Å². The van der Waals surface area contributed by atoms with Crippen LogP contribution in [0.4, 0.5) is 0 Å². The molecule has 1 aromatic heterocycles. The van der Waals surface area contributed by atoms with Gasteiger partial charge in [-0.25, -0.2) is 18.1 Å². The normalized spacial score (nSPS) is 18.3. The van der Waals surface area contributed by atoms with Gasteiger partial charge < -0.3 is 4.57 Å². The lowest BCUT2D eigenvalue weighted by Gasteiger charge is -2.40. The van der Waals surface area contributed by atoms with Crippen LogP contribution in [0.2, 0.25) is 0 Å². The fourth-order valence-corrected chi connectivity index (χ4v) is 4.64. The molecule has 0 atom stereocenters. The standard InChI is InChI=1S/C12H20BrN3O2S/c1-3-7-16-8-11(14-10(16)2)19(17,18)15-12(9-13)5-4-6-12/h8,15H,3-7,9H2,1-2H3. The summed E-state index contributed by atoms with van der Waals surface area (Å²) in [4.78, 5) is 4.17. The number of hydrogen-bond donors (Lipinski definition) is 1. The van der Waals surface area contributed by atoms with Crippen LogP contribution >= 0.6 is 15.9 Å². The molecular weight excluding hydrogens is 330 g/mol. The third-order valence-electron chi connectivity index (χ3n) is 3.61. The number of imidazole rings is 1. The van der Waals surface area contributed by atoms with Gasteiger partial charge in [0, 0.05) is 23.6 Å². The number of aryl methyl sites for hydroxylation is 2. The Labute approximate surface area is 123 Å². The predicted octanol–water partition coefficient (Wildman–Crippen LogP) is 2.20. The largest absolute Gasteiger partial charge is 0.334 e. The molecule has 0 unspecified atom stereocenters. The second-order valence-corrected chi connectivity index (χ2v) is 7.38. The Morgan fingerprint density at radius 3 is 2.68 bits per heavy atom. The van der Waals surface area contributed by atoms with Gasteiger partial charge in [0.05, 0.1) is 0 Å². The number of alkyl halides is 1. The number of halogens is 1. The molecule has 0 spiro atoms. The molecule has 108 valence electrons. The second kappa shape index (κ2) is 5.54. The fraction of sp³-hybridized carbons (Fsp3) is 0.750. The van der Waals surface area contributed by atoms with Crippen molar-refractivity contribution in [2.45, 2.75) is 56.6 Å². The molecule has 0 radical (unpaired) electrons. The van der Waals surface area contributed by atoms with E-state index in [2.05, 4.69) is 32.6 Å². The maximum Gasteiger partial charge on any atom is 0.260 e. The van der Waals surface area contributed by atoms with E-state index in [0.717, 1.165) is 38.1 Å². The number of nitrogens with one attached hydrogen (secondary N) is 1. The third-order valence-corrected chi connectivity index (χ3v) is 6.13. The van der Waals surface area contributed by atoms with Crippen LogP contribution in [-0.2, 0) is 16.6 Å². The van der Waals surface area contributed by atoms with E-state index >= 15 is 0 Å². The highest BCUT2D eigenvalue weighted by molar-refractivity contribution is 9.09. The van der Waals surface area contributed by atoms with Crippen molar-refractivity contribution in [2.75, 3.05) is 5.33 Å². The predicted molar refractivity (Wildman–Crippen MR) is 78.0 cm³/mol. The molecule has 1 fully saturated rings. The third kappa shape index (κ3) is 3.03. The van der Waals surface area contributed by atoms with E-state index in [-0.39, 0.29) is 10.6 Å². The zero-order valence-corrected chi connectivity index (χ0v) is 13.7. The number of rotatable bonds is 6. The smallest absolute Gasteiger partial charge is 0.260 e. The van der Waals surface area contributed by atoms with Gasteiger partial charge >= 0.3 is 0 Å². The fourth-order valence-electron chi connectivity index (χ4n) is 2.28. The van der Waals surface area contributed by atoms with E-state index in [4.69, 9.17) is 0 Å². The van der Waals surface area contributed by atoms with E-state index in [1.807, 2.05) is 11.5 Å². The van der Waals surface area contributed by atoms with Crippen molar-refractivity contribution < 1.29 is 8.42 Å². The zero-order valence-electron chi connectivity index (χ0n) is 11.3. The summed E-state index contributed by atoms with van der Waals surface area (Å²) in [5.74, 6) is 0.740. The van der Waals surface area contributed by atoms with E-state index in [1.54, 1.807) is 6.20 Å². The molecule has 1 saturated carbocycles. The Kier molecular flexibility index (Phi) is 4.37. The Hall–Kier alpha value is -0.400. The highest BCUT2D eigenvalue weighted by Crippen LogP contribution is 2.34. The van der Waals surface area contributed by atoms with Gasteiger partial charge in [-0.3, -0.25) is 0 Å². The van der Waals surface area contributed by atoms with Crippen LogP contribution in [0, 0.1) is 6.92 Å². The van der Waals surface area contributed by atoms with Crippen LogP contribution < -0.4 is 4.72 Å². The minimum absolute atomic E-state index is 0.130. The first-order valence-corrected chi connectivity index (χ1v) is 9.17. The molecule has 1 heterocycles. The minimum atomic E-state index is -3.52. The number of sulfonamides is 1. The van der Waals surface area contributed by atoms with E-state index < -0.39 is 10.0 Å². The Balaban J connectivity index is 2.22. The average Bonchev–Trinajstić information content (AvgIpc) is 2.67. The minimum Gasteiger partial charge on any atom is -0.334 e. The van der Waals surface area contributed by atoms with E-state index in [1.165, 1.54) is 0 Å². The Bertz CT molecular complexity index is 544. The van der Waals surface area contributed by atoms with Gasteiger partial charge in [-0.2, -0.15) is 0 Å². The molecule has 0 aliphatic heterocycles. The molecule has 1 aliphatic carbocycles. The Morgan fingerprint density at radius 2 is 2.21 bits per heavy atom. The second-order valence-electron chi connectivity index (χ2n) is 5.19. The number of nitrogens with zero attached hydrogens (tertiary/aromatic N) is 2. The summed E-state index contributed by atoms with van der Waals surface area (Å²) in [5, 5.41) is 0.777. The lowest BCUT2D eigenvalue weighted by molar-refractivity contribution is 0.256. The molecule has 7 heteroatoms. The summed E-state index contributed by atoms with van der Waals surface area (Å²) >= 11 is 3.40. The Morgan fingerprint density at radius 1 is 1.53 bits per heavy atom. The summed E-state index contributed by atoms with van der Waals surface area (Å²) in [5.41, 5.74) is -0.318. The first-order chi connectivity index (χ1) is 8.92. The van der Waals surface area contributed by atoms with Gasteiger partial charge in [-0.1, -0.05) is 22.9 Å². The van der Waals surface area contributed by atoms with Crippen molar-refractivity contribution >= 4 is 26.0 Å². The molecule has 1 aromatic rings. The van der Waals surface area contributed by atoms with E-state index in [9.17, 15) is 8.42 Å². The zero-order chi connectivity index (χ0) is 14.1. The monoisotopic (exact) mass is 349 g/mol. The highest BCUT2D eigenvalue weighted by atomic mass is 79.9. The molecule has 0 aromatic carbocycles. The molecule has 5 nitrogen and oxygen atoms in total. The molecular formula is C12H20BrN3O2S. The van der Waals surface area contributed by atoms with E-state index in [0.29, 0.717) is 5.33 Å². The molecule has 2 rings (SSSR count). The molecule has 19 heavy (non-hydrogen) atoms. The molecule has 1 N–H and O–H groups in total. The van der Waals surface area contributed by atoms with Crippen LogP contribution in [0.15, 0.2) is 11.2 Å². The number of hydrogen-bond acceptors (Lipinski definition) is 3. The summed E-state index contributed by atoms with van der Waals surface area (Å²) in [6.45, 7) is 4.68. The molecule has 0 amide bonds. The summed E-state index contributed by atoms with van der Waals surface area (Å²) in [6.07, 6.45) is 5.41. The first-order valence-electron chi connectivity index (χ1n) is 6.56. The van der Waals surface area contributed by atoms with Gasteiger partial charge in [-0.15, -0.1) is 0 Å². The topological polar surface area (TPSA) is 64.0 Å². The van der Waals surface area contributed by atoms with Crippen LogP contribution in [0.1, 0.15) is 38.4 Å². The van der Waals surface area contributed by atoms with Gasteiger partial charge in [0.15, 0.2) is 5.03 Å². The molecule has 0 bridgehead atoms. The molecule has 0 saturated heterocycles. The van der Waals surface area contributed by atoms with Crippen molar-refractivity contribution in [1.82, 2.24) is 14.3 Å².